The van der Waals surface area contributed by atoms with E-state index in [1.165, 1.54) is 0 Å². The number of thioether (sulfide) groups is 1. The first kappa shape index (κ1) is 16.5. The van der Waals surface area contributed by atoms with Crippen LogP contribution in [0.4, 0.5) is 0 Å². The van der Waals surface area contributed by atoms with E-state index in [9.17, 15) is 4.79 Å². The van der Waals surface area contributed by atoms with E-state index >= 15 is 0 Å². The van der Waals surface area contributed by atoms with Crippen LogP contribution >= 0.6 is 35.0 Å². The molecule has 1 aromatic heterocycles. The first-order valence-corrected chi connectivity index (χ1v) is 9.25. The van der Waals surface area contributed by atoms with Crippen LogP contribution < -0.4 is 5.32 Å². The predicted octanol–water partition coefficient (Wildman–Crippen LogP) is 2.26. The van der Waals surface area contributed by atoms with Gasteiger partial charge in [-0.2, -0.15) is 11.8 Å². The minimum atomic E-state index is -0.168. The fourth-order valence-electron chi connectivity index (χ4n) is 3.00. The van der Waals surface area contributed by atoms with Crippen molar-refractivity contribution in [2.24, 2.45) is 0 Å². The molecular formula is C14H19Cl2N3O2S. The molecule has 2 N–H and O–H groups in total. The number of nitrogens with one attached hydrogen (secondary N) is 2. The Labute approximate surface area is 144 Å². The zero-order chi connectivity index (χ0) is 15.6. The fourth-order valence-corrected chi connectivity index (χ4v) is 4.79. The van der Waals surface area contributed by atoms with E-state index in [-0.39, 0.29) is 11.4 Å². The first-order valence-electron chi connectivity index (χ1n) is 7.33. The summed E-state index contributed by atoms with van der Waals surface area (Å²) in [5, 5.41) is 3.70. The van der Waals surface area contributed by atoms with Crippen molar-refractivity contribution in [2.75, 3.05) is 44.4 Å². The van der Waals surface area contributed by atoms with Gasteiger partial charge in [0.15, 0.2) is 0 Å². The number of H-pyrrole nitrogens is 1. The summed E-state index contributed by atoms with van der Waals surface area (Å²) in [5.41, 5.74) is 0.433. The zero-order valence-corrected chi connectivity index (χ0v) is 14.5. The molecule has 2 aliphatic rings. The molecule has 3 heterocycles. The average molecular weight is 364 g/mol. The number of halogens is 2. The fraction of sp³-hybridized carbons (Fsp3) is 0.643. The Morgan fingerprint density at radius 2 is 2.23 bits per heavy atom. The Kier molecular flexibility index (Phi) is 5.24. The average Bonchev–Trinajstić information content (AvgIpc) is 3.14. The number of morpholine rings is 1. The minimum absolute atomic E-state index is 0.0320. The first-order chi connectivity index (χ1) is 10.6. The Balaban J connectivity index is 1.65. The lowest BCUT2D eigenvalue weighted by atomic mass is 9.95. The lowest BCUT2D eigenvalue weighted by Crippen LogP contribution is -2.59. The molecular weight excluding hydrogens is 345 g/mol. The van der Waals surface area contributed by atoms with E-state index in [1.807, 2.05) is 11.8 Å². The molecule has 122 valence electrons. The molecule has 1 aromatic rings. The maximum absolute atomic E-state index is 12.3. The van der Waals surface area contributed by atoms with Crippen molar-refractivity contribution in [1.82, 2.24) is 15.2 Å². The van der Waals surface area contributed by atoms with Gasteiger partial charge in [-0.25, -0.2) is 0 Å². The van der Waals surface area contributed by atoms with Crippen molar-refractivity contribution in [3.63, 3.8) is 0 Å². The monoisotopic (exact) mass is 363 g/mol. The Hall–Kier alpha value is -0.400. The molecule has 0 aliphatic carbocycles. The van der Waals surface area contributed by atoms with Gasteiger partial charge in [0, 0.05) is 30.9 Å². The van der Waals surface area contributed by atoms with E-state index in [4.69, 9.17) is 27.9 Å². The molecule has 8 heteroatoms. The molecule has 0 spiro atoms. The van der Waals surface area contributed by atoms with Crippen molar-refractivity contribution < 1.29 is 9.53 Å². The van der Waals surface area contributed by atoms with Crippen molar-refractivity contribution in [3.8, 4) is 0 Å². The number of aromatic amines is 1. The van der Waals surface area contributed by atoms with E-state index in [1.54, 1.807) is 6.07 Å². The van der Waals surface area contributed by atoms with Gasteiger partial charge in [0.05, 0.1) is 18.2 Å². The highest BCUT2D eigenvalue weighted by Gasteiger charge is 2.40. The number of carbonyl (C=O) groups excluding carboxylic acids is 1. The van der Waals surface area contributed by atoms with Crippen LogP contribution in [0.1, 0.15) is 16.9 Å². The SMILES string of the molecule is O=C(NCC1(N2CCOCC2)CCSC1)c1cc(Cl)c(Cl)[nH]1. The normalized spacial score (nSPS) is 26.3. The molecule has 1 unspecified atom stereocenters. The maximum Gasteiger partial charge on any atom is 0.267 e. The summed E-state index contributed by atoms with van der Waals surface area (Å²) in [6.45, 7) is 4.02. The number of hydrogen-bond acceptors (Lipinski definition) is 4. The standard InChI is InChI=1S/C14H19Cl2N3O2S/c15-10-7-11(18-12(10)16)13(20)17-8-14(1-6-22-9-14)19-2-4-21-5-3-19/h7,18H,1-6,8-9H2,(H,17,20). The Bertz CT molecular complexity index is 521. The molecule has 0 aromatic carbocycles. The smallest absolute Gasteiger partial charge is 0.267 e. The van der Waals surface area contributed by atoms with E-state index in [0.717, 1.165) is 44.2 Å². The van der Waals surface area contributed by atoms with Gasteiger partial charge in [-0.3, -0.25) is 9.69 Å². The highest BCUT2D eigenvalue weighted by Crippen LogP contribution is 2.33. The molecule has 22 heavy (non-hydrogen) atoms. The molecule has 1 amide bonds. The summed E-state index contributed by atoms with van der Waals surface area (Å²) < 4.78 is 5.44. The van der Waals surface area contributed by atoms with Gasteiger partial charge in [0.25, 0.3) is 5.91 Å². The summed E-state index contributed by atoms with van der Waals surface area (Å²) in [4.78, 5) is 17.5. The summed E-state index contributed by atoms with van der Waals surface area (Å²) in [7, 11) is 0. The molecule has 2 saturated heterocycles. The second-order valence-corrected chi connectivity index (χ2v) is 7.54. The summed E-state index contributed by atoms with van der Waals surface area (Å²) in [6.07, 6.45) is 1.09. The van der Waals surface area contributed by atoms with Crippen LogP contribution in [0.5, 0.6) is 0 Å². The second-order valence-electron chi connectivity index (χ2n) is 5.65. The third kappa shape index (κ3) is 3.41. The quantitative estimate of drug-likeness (QED) is 0.861. The van der Waals surface area contributed by atoms with Crippen LogP contribution in [0.15, 0.2) is 6.07 Å². The summed E-state index contributed by atoms with van der Waals surface area (Å²) in [6, 6.07) is 1.56. The molecule has 0 radical (unpaired) electrons. The van der Waals surface area contributed by atoms with Crippen LogP contribution in [0.25, 0.3) is 0 Å². The lowest BCUT2D eigenvalue weighted by molar-refractivity contribution is -0.0129. The highest BCUT2D eigenvalue weighted by atomic mass is 35.5. The number of rotatable bonds is 4. The van der Waals surface area contributed by atoms with Gasteiger partial charge in [-0.05, 0) is 18.2 Å². The van der Waals surface area contributed by atoms with Crippen LogP contribution in [-0.4, -0.2) is 65.7 Å². The Morgan fingerprint density at radius 1 is 1.45 bits per heavy atom. The van der Waals surface area contributed by atoms with Crippen LogP contribution in [-0.2, 0) is 4.74 Å². The number of nitrogens with zero attached hydrogens (tertiary/aromatic N) is 1. The van der Waals surface area contributed by atoms with Crippen LogP contribution in [0.3, 0.4) is 0 Å². The van der Waals surface area contributed by atoms with E-state index < -0.39 is 0 Å². The van der Waals surface area contributed by atoms with Crippen molar-refractivity contribution in [1.29, 1.82) is 0 Å². The molecule has 1 atom stereocenters. The number of hydrogen-bond donors (Lipinski definition) is 2. The highest BCUT2D eigenvalue weighted by molar-refractivity contribution is 7.99. The van der Waals surface area contributed by atoms with Crippen LogP contribution in [0.2, 0.25) is 10.2 Å². The number of aromatic nitrogens is 1. The van der Waals surface area contributed by atoms with Gasteiger partial charge in [-0.15, -0.1) is 0 Å². The number of carbonyl (C=O) groups is 1. The van der Waals surface area contributed by atoms with E-state index in [2.05, 4.69) is 15.2 Å². The number of amides is 1. The summed E-state index contributed by atoms with van der Waals surface area (Å²) in [5.74, 6) is 2.01. The molecule has 0 bridgehead atoms. The van der Waals surface area contributed by atoms with Crippen molar-refractivity contribution >= 4 is 40.9 Å². The van der Waals surface area contributed by atoms with Gasteiger partial charge < -0.3 is 15.0 Å². The van der Waals surface area contributed by atoms with Gasteiger partial charge in [0.2, 0.25) is 0 Å². The number of ether oxygens (including phenoxy) is 1. The predicted molar refractivity (Wildman–Crippen MR) is 90.2 cm³/mol. The maximum atomic E-state index is 12.3. The third-order valence-corrected chi connectivity index (χ3v) is 6.24. The zero-order valence-electron chi connectivity index (χ0n) is 12.2. The largest absolute Gasteiger partial charge is 0.379 e. The second kappa shape index (κ2) is 7.01. The van der Waals surface area contributed by atoms with Crippen molar-refractivity contribution in [3.05, 3.63) is 21.9 Å². The molecule has 0 saturated carbocycles. The molecule has 3 rings (SSSR count). The third-order valence-electron chi connectivity index (χ3n) is 4.31. The molecule has 2 fully saturated rings. The van der Waals surface area contributed by atoms with Gasteiger partial charge >= 0.3 is 0 Å². The van der Waals surface area contributed by atoms with Crippen LogP contribution in [0, 0.1) is 0 Å². The molecule has 2 aliphatic heterocycles. The lowest BCUT2D eigenvalue weighted by Gasteiger charge is -2.43. The topological polar surface area (TPSA) is 57.4 Å². The molecule has 5 nitrogen and oxygen atoms in total. The van der Waals surface area contributed by atoms with Gasteiger partial charge in [0.1, 0.15) is 10.8 Å². The minimum Gasteiger partial charge on any atom is -0.379 e. The Morgan fingerprint density at radius 3 is 2.82 bits per heavy atom. The van der Waals surface area contributed by atoms with Gasteiger partial charge in [-0.1, -0.05) is 23.2 Å². The van der Waals surface area contributed by atoms with E-state index in [0.29, 0.717) is 22.4 Å². The summed E-state index contributed by atoms with van der Waals surface area (Å²) >= 11 is 13.7. The van der Waals surface area contributed by atoms with Crippen molar-refractivity contribution in [2.45, 2.75) is 12.0 Å².